The van der Waals surface area contributed by atoms with Crippen LogP contribution in [0.25, 0.3) is 11.5 Å². The first-order valence-electron chi connectivity index (χ1n) is 6.70. The van der Waals surface area contributed by atoms with Gasteiger partial charge >= 0.3 is 5.97 Å². The maximum absolute atomic E-state index is 11.8. The van der Waals surface area contributed by atoms with Crippen LogP contribution in [0.15, 0.2) is 53.1 Å². The summed E-state index contributed by atoms with van der Waals surface area (Å²) in [5.41, 5.74) is 2.16. The first-order valence-corrected chi connectivity index (χ1v) is 6.70. The quantitative estimate of drug-likeness (QED) is 0.689. The number of nitrogens with zero attached hydrogens (tertiary/aromatic N) is 3. The lowest BCUT2D eigenvalue weighted by molar-refractivity contribution is 0.0432. The molecule has 0 bridgehead atoms. The number of carbonyl (C=O) groups excluding carboxylic acids is 1. The lowest BCUT2D eigenvalue weighted by Gasteiger charge is -2.00. The van der Waals surface area contributed by atoms with Crippen molar-refractivity contribution >= 4 is 5.97 Å². The van der Waals surface area contributed by atoms with Crippen molar-refractivity contribution in [2.45, 2.75) is 13.5 Å². The molecule has 6 nitrogen and oxygen atoms in total. The minimum atomic E-state index is -0.532. The average Bonchev–Trinajstić information content (AvgIpc) is 3.02. The SMILES string of the molecule is Cc1cccc(-c2nnc(COC(=O)c3ccccn3)o2)c1. The van der Waals surface area contributed by atoms with Gasteiger partial charge in [-0.2, -0.15) is 0 Å². The second-order valence-electron chi connectivity index (χ2n) is 4.66. The maximum atomic E-state index is 11.8. The van der Waals surface area contributed by atoms with Gasteiger partial charge in [0.2, 0.25) is 5.89 Å². The molecule has 110 valence electrons. The number of hydrogen-bond donors (Lipinski definition) is 0. The van der Waals surface area contributed by atoms with E-state index in [0.29, 0.717) is 5.89 Å². The molecule has 0 aliphatic heterocycles. The summed E-state index contributed by atoms with van der Waals surface area (Å²) < 4.78 is 10.6. The number of aryl methyl sites for hydroxylation is 1. The number of rotatable bonds is 4. The van der Waals surface area contributed by atoms with Gasteiger partial charge in [-0.15, -0.1) is 10.2 Å². The van der Waals surface area contributed by atoms with Crippen molar-refractivity contribution in [1.82, 2.24) is 15.2 Å². The van der Waals surface area contributed by atoms with E-state index in [1.165, 1.54) is 6.20 Å². The fourth-order valence-corrected chi connectivity index (χ4v) is 1.89. The highest BCUT2D eigenvalue weighted by Gasteiger charge is 2.12. The van der Waals surface area contributed by atoms with Crippen LogP contribution in [0.5, 0.6) is 0 Å². The molecular formula is C16H13N3O3. The predicted octanol–water partition coefficient (Wildman–Crippen LogP) is 2.80. The standard InChI is InChI=1S/C16H13N3O3/c1-11-5-4-6-12(9-11)15-19-18-14(22-15)10-21-16(20)13-7-2-3-8-17-13/h2-9H,10H2,1H3. The Hall–Kier alpha value is -3.02. The van der Waals surface area contributed by atoms with E-state index in [9.17, 15) is 4.79 Å². The third-order valence-electron chi connectivity index (χ3n) is 2.93. The Morgan fingerprint density at radius 1 is 1.18 bits per heavy atom. The molecule has 0 saturated carbocycles. The monoisotopic (exact) mass is 295 g/mol. The molecule has 2 heterocycles. The van der Waals surface area contributed by atoms with Gasteiger partial charge in [0.05, 0.1) is 0 Å². The van der Waals surface area contributed by atoms with Gasteiger partial charge in [-0.25, -0.2) is 9.78 Å². The minimum Gasteiger partial charge on any atom is -0.451 e. The van der Waals surface area contributed by atoms with Crippen LogP contribution in [0.3, 0.4) is 0 Å². The summed E-state index contributed by atoms with van der Waals surface area (Å²) in [5.74, 6) is 0.101. The molecule has 1 aromatic carbocycles. The molecule has 0 N–H and O–H groups in total. The lowest BCUT2D eigenvalue weighted by atomic mass is 10.1. The van der Waals surface area contributed by atoms with E-state index in [1.807, 2.05) is 31.2 Å². The van der Waals surface area contributed by atoms with Crippen molar-refractivity contribution < 1.29 is 13.9 Å². The third-order valence-corrected chi connectivity index (χ3v) is 2.93. The summed E-state index contributed by atoms with van der Waals surface area (Å²) in [6, 6.07) is 12.7. The van der Waals surface area contributed by atoms with Gasteiger partial charge < -0.3 is 9.15 Å². The van der Waals surface area contributed by atoms with Crippen LogP contribution in [-0.4, -0.2) is 21.2 Å². The van der Waals surface area contributed by atoms with Gasteiger partial charge in [-0.1, -0.05) is 23.8 Å². The molecule has 0 saturated heterocycles. The number of hydrogen-bond acceptors (Lipinski definition) is 6. The number of ether oxygens (including phenoxy) is 1. The van der Waals surface area contributed by atoms with Gasteiger partial charge in [0.25, 0.3) is 5.89 Å². The predicted molar refractivity (Wildman–Crippen MR) is 77.8 cm³/mol. The van der Waals surface area contributed by atoms with Gasteiger partial charge in [-0.3, -0.25) is 0 Å². The Morgan fingerprint density at radius 3 is 2.86 bits per heavy atom. The maximum Gasteiger partial charge on any atom is 0.357 e. The zero-order chi connectivity index (χ0) is 15.4. The number of benzene rings is 1. The lowest BCUT2D eigenvalue weighted by Crippen LogP contribution is -2.07. The minimum absolute atomic E-state index is 0.0891. The van der Waals surface area contributed by atoms with Crippen molar-refractivity contribution in [3.63, 3.8) is 0 Å². The molecule has 3 aromatic rings. The molecule has 22 heavy (non-hydrogen) atoms. The smallest absolute Gasteiger partial charge is 0.357 e. The van der Waals surface area contributed by atoms with E-state index < -0.39 is 5.97 Å². The van der Waals surface area contributed by atoms with E-state index in [1.54, 1.807) is 18.2 Å². The second-order valence-corrected chi connectivity index (χ2v) is 4.66. The average molecular weight is 295 g/mol. The van der Waals surface area contributed by atoms with Gasteiger partial charge in [0, 0.05) is 11.8 Å². The highest BCUT2D eigenvalue weighted by Crippen LogP contribution is 2.19. The van der Waals surface area contributed by atoms with Crippen molar-refractivity contribution in [2.24, 2.45) is 0 Å². The Labute approximate surface area is 126 Å². The third kappa shape index (κ3) is 3.17. The second kappa shape index (κ2) is 6.17. The first-order chi connectivity index (χ1) is 10.7. The topological polar surface area (TPSA) is 78.1 Å². The Balaban J connectivity index is 1.66. The molecule has 0 fully saturated rings. The van der Waals surface area contributed by atoms with E-state index >= 15 is 0 Å². The fourth-order valence-electron chi connectivity index (χ4n) is 1.89. The largest absolute Gasteiger partial charge is 0.451 e. The van der Waals surface area contributed by atoms with E-state index in [4.69, 9.17) is 9.15 Å². The first kappa shape index (κ1) is 13.9. The number of carbonyl (C=O) groups is 1. The normalized spacial score (nSPS) is 10.4. The van der Waals surface area contributed by atoms with Crippen LogP contribution in [0.1, 0.15) is 21.9 Å². The number of aromatic nitrogens is 3. The highest BCUT2D eigenvalue weighted by molar-refractivity contribution is 5.86. The molecule has 0 radical (unpaired) electrons. The van der Waals surface area contributed by atoms with Gasteiger partial charge in [-0.05, 0) is 31.2 Å². The Bertz CT molecular complexity index is 784. The van der Waals surface area contributed by atoms with E-state index in [2.05, 4.69) is 15.2 Å². The molecule has 2 aromatic heterocycles. The van der Waals surface area contributed by atoms with Crippen molar-refractivity contribution in [2.75, 3.05) is 0 Å². The molecule has 0 aliphatic rings. The van der Waals surface area contributed by atoms with Crippen molar-refractivity contribution in [1.29, 1.82) is 0 Å². The van der Waals surface area contributed by atoms with Crippen LogP contribution in [-0.2, 0) is 11.3 Å². The molecule has 0 spiro atoms. The highest BCUT2D eigenvalue weighted by atomic mass is 16.5. The van der Waals surface area contributed by atoms with E-state index in [0.717, 1.165) is 11.1 Å². The van der Waals surface area contributed by atoms with Crippen LogP contribution < -0.4 is 0 Å². The van der Waals surface area contributed by atoms with Crippen molar-refractivity contribution in [3.05, 3.63) is 65.8 Å². The number of esters is 1. The van der Waals surface area contributed by atoms with Crippen molar-refractivity contribution in [3.8, 4) is 11.5 Å². The summed E-state index contributed by atoms with van der Waals surface area (Å²) in [4.78, 5) is 15.7. The summed E-state index contributed by atoms with van der Waals surface area (Å²) in [6.45, 7) is 1.89. The molecule has 6 heteroatoms. The molecular weight excluding hydrogens is 282 g/mol. The van der Waals surface area contributed by atoms with E-state index in [-0.39, 0.29) is 18.2 Å². The number of pyridine rings is 1. The summed E-state index contributed by atoms with van der Waals surface area (Å²) in [5, 5.41) is 7.83. The Kier molecular flexibility index (Phi) is 3.91. The van der Waals surface area contributed by atoms with Crippen LogP contribution in [0, 0.1) is 6.92 Å². The zero-order valence-corrected chi connectivity index (χ0v) is 11.9. The molecule has 0 unspecified atom stereocenters. The zero-order valence-electron chi connectivity index (χ0n) is 11.9. The van der Waals surface area contributed by atoms with Crippen LogP contribution in [0.4, 0.5) is 0 Å². The molecule has 0 aliphatic carbocycles. The summed E-state index contributed by atoms with van der Waals surface area (Å²) in [7, 11) is 0. The van der Waals surface area contributed by atoms with Crippen LogP contribution >= 0.6 is 0 Å². The molecule has 0 amide bonds. The van der Waals surface area contributed by atoms with Crippen LogP contribution in [0.2, 0.25) is 0 Å². The van der Waals surface area contributed by atoms with Gasteiger partial charge in [0.15, 0.2) is 6.61 Å². The van der Waals surface area contributed by atoms with Gasteiger partial charge in [0.1, 0.15) is 5.69 Å². The fraction of sp³-hybridized carbons (Fsp3) is 0.125. The molecule has 0 atom stereocenters. The Morgan fingerprint density at radius 2 is 2.09 bits per heavy atom. The summed E-state index contributed by atoms with van der Waals surface area (Å²) >= 11 is 0. The summed E-state index contributed by atoms with van der Waals surface area (Å²) in [6.07, 6.45) is 1.53. The molecule has 3 rings (SSSR count).